The Kier molecular flexibility index (Phi) is 6.02. The number of methoxy groups -OCH3 is 1. The average Bonchev–Trinajstić information content (AvgIpc) is 2.88. The molecule has 1 aliphatic rings. The molecule has 1 aliphatic heterocycles. The van der Waals surface area contributed by atoms with Gasteiger partial charge in [-0.25, -0.2) is 0 Å². The molecule has 0 radical (unpaired) electrons. The van der Waals surface area contributed by atoms with E-state index in [1.807, 2.05) is 7.05 Å². The lowest BCUT2D eigenvalue weighted by Crippen LogP contribution is -2.37. The van der Waals surface area contributed by atoms with Gasteiger partial charge in [0.25, 0.3) is 0 Å². The van der Waals surface area contributed by atoms with Crippen LogP contribution in [0.5, 0.6) is 0 Å². The number of hydrogen-bond donors (Lipinski definition) is 0. The van der Waals surface area contributed by atoms with E-state index in [0.717, 1.165) is 13.2 Å². The van der Waals surface area contributed by atoms with Crippen LogP contribution < -0.4 is 0 Å². The van der Waals surface area contributed by atoms with Crippen molar-refractivity contribution >= 4 is 0 Å². The lowest BCUT2D eigenvalue weighted by Gasteiger charge is -2.38. The zero-order valence-corrected chi connectivity index (χ0v) is 13.0. The van der Waals surface area contributed by atoms with Gasteiger partial charge in [-0.2, -0.15) is 7.05 Å². The van der Waals surface area contributed by atoms with Crippen molar-refractivity contribution in [2.45, 2.75) is 31.8 Å². The van der Waals surface area contributed by atoms with Crippen LogP contribution in [0.2, 0.25) is 0 Å². The van der Waals surface area contributed by atoms with Crippen molar-refractivity contribution in [2.75, 3.05) is 33.9 Å². The van der Waals surface area contributed by atoms with Gasteiger partial charge in [0.15, 0.2) is 0 Å². The summed E-state index contributed by atoms with van der Waals surface area (Å²) in [5, 5.41) is 4.61. The predicted octanol–water partition coefficient (Wildman–Crippen LogP) is 3.48. The first-order valence-electron chi connectivity index (χ1n) is 7.63. The van der Waals surface area contributed by atoms with Crippen molar-refractivity contribution in [3.63, 3.8) is 0 Å². The van der Waals surface area contributed by atoms with Gasteiger partial charge < -0.3 is 10.1 Å². The highest BCUT2D eigenvalue weighted by Crippen LogP contribution is 2.31. The highest BCUT2D eigenvalue weighted by molar-refractivity contribution is 5.23. The minimum Gasteiger partial charge on any atom is -0.658 e. The smallest absolute Gasteiger partial charge is 0.0618 e. The zero-order chi connectivity index (χ0) is 14.4. The van der Waals surface area contributed by atoms with E-state index >= 15 is 0 Å². The SMILES string of the molecule is C[N-][C@@H](c1ccccc1)[C@H](C)CN1CCC[C@@H]1COC. The van der Waals surface area contributed by atoms with Gasteiger partial charge in [-0.3, -0.25) is 4.90 Å². The molecule has 0 bridgehead atoms. The van der Waals surface area contributed by atoms with Crippen molar-refractivity contribution < 1.29 is 4.74 Å². The Hall–Kier alpha value is -0.900. The third kappa shape index (κ3) is 3.81. The van der Waals surface area contributed by atoms with E-state index in [1.54, 1.807) is 7.11 Å². The standard InChI is InChI=1S/C17H27N2O/c1-14(12-19-11-7-10-16(19)13-20-3)17(18-2)15-8-5-4-6-9-15/h4-6,8-9,14,16-17H,7,10-13H2,1-3H3/q-1/t14-,16-,17-/m1/s1. The van der Waals surface area contributed by atoms with Crippen LogP contribution in [0.3, 0.4) is 0 Å². The van der Waals surface area contributed by atoms with Crippen molar-refractivity contribution in [3.8, 4) is 0 Å². The van der Waals surface area contributed by atoms with E-state index in [1.165, 1.54) is 24.9 Å². The molecular weight excluding hydrogens is 248 g/mol. The molecule has 0 aliphatic carbocycles. The van der Waals surface area contributed by atoms with E-state index in [9.17, 15) is 0 Å². The van der Waals surface area contributed by atoms with Crippen LogP contribution in [-0.4, -0.2) is 44.8 Å². The molecule has 3 heteroatoms. The number of rotatable bonds is 7. The fraction of sp³-hybridized carbons (Fsp3) is 0.647. The summed E-state index contributed by atoms with van der Waals surface area (Å²) in [6, 6.07) is 11.5. The molecule has 3 nitrogen and oxygen atoms in total. The Labute approximate surface area is 123 Å². The molecule has 1 heterocycles. The monoisotopic (exact) mass is 275 g/mol. The molecule has 2 rings (SSSR count). The molecule has 0 aromatic heterocycles. The first kappa shape index (κ1) is 15.5. The Bertz CT molecular complexity index is 382. The normalized spacial score (nSPS) is 22.9. The van der Waals surface area contributed by atoms with E-state index in [4.69, 9.17) is 4.74 Å². The van der Waals surface area contributed by atoms with Gasteiger partial charge in [0.1, 0.15) is 0 Å². The average molecular weight is 275 g/mol. The molecule has 0 N–H and O–H groups in total. The highest BCUT2D eigenvalue weighted by Gasteiger charge is 2.26. The Morgan fingerprint density at radius 2 is 2.10 bits per heavy atom. The van der Waals surface area contributed by atoms with Gasteiger partial charge >= 0.3 is 0 Å². The molecule has 1 saturated heterocycles. The van der Waals surface area contributed by atoms with Crippen LogP contribution in [0.1, 0.15) is 31.4 Å². The topological polar surface area (TPSA) is 26.6 Å². The lowest BCUT2D eigenvalue weighted by atomic mass is 9.94. The molecule has 20 heavy (non-hydrogen) atoms. The van der Waals surface area contributed by atoms with Gasteiger partial charge in [-0.15, -0.1) is 6.04 Å². The summed E-state index contributed by atoms with van der Waals surface area (Å²) in [6.45, 7) is 5.47. The summed E-state index contributed by atoms with van der Waals surface area (Å²) >= 11 is 0. The molecule has 3 atom stereocenters. The van der Waals surface area contributed by atoms with Gasteiger partial charge in [-0.05, 0) is 25.3 Å². The van der Waals surface area contributed by atoms with E-state index in [0.29, 0.717) is 18.0 Å². The molecule has 1 aromatic carbocycles. The Morgan fingerprint density at radius 1 is 1.35 bits per heavy atom. The van der Waals surface area contributed by atoms with Gasteiger partial charge in [-0.1, -0.05) is 42.8 Å². The number of ether oxygens (including phenoxy) is 1. The number of benzene rings is 1. The van der Waals surface area contributed by atoms with Crippen molar-refractivity contribution in [2.24, 2.45) is 5.92 Å². The fourth-order valence-corrected chi connectivity index (χ4v) is 3.37. The number of nitrogens with zero attached hydrogens (tertiary/aromatic N) is 2. The molecule has 1 aromatic rings. The third-order valence-corrected chi connectivity index (χ3v) is 4.34. The fourth-order valence-electron chi connectivity index (χ4n) is 3.37. The summed E-state index contributed by atoms with van der Waals surface area (Å²) < 4.78 is 5.34. The second-order valence-electron chi connectivity index (χ2n) is 5.84. The summed E-state index contributed by atoms with van der Waals surface area (Å²) in [6.07, 6.45) is 2.56. The van der Waals surface area contributed by atoms with Gasteiger partial charge in [0.2, 0.25) is 0 Å². The maximum Gasteiger partial charge on any atom is 0.0618 e. The van der Waals surface area contributed by atoms with Crippen molar-refractivity contribution in [1.29, 1.82) is 0 Å². The minimum atomic E-state index is 0.292. The quantitative estimate of drug-likeness (QED) is 0.761. The first-order chi connectivity index (χ1) is 9.76. The maximum atomic E-state index is 5.34. The van der Waals surface area contributed by atoms with Crippen LogP contribution in [-0.2, 0) is 4.74 Å². The maximum absolute atomic E-state index is 5.34. The molecule has 0 amide bonds. The van der Waals surface area contributed by atoms with E-state index in [2.05, 4.69) is 47.5 Å². The third-order valence-electron chi connectivity index (χ3n) is 4.34. The largest absolute Gasteiger partial charge is 0.658 e. The zero-order valence-electron chi connectivity index (χ0n) is 13.0. The van der Waals surface area contributed by atoms with Crippen LogP contribution in [0.25, 0.3) is 5.32 Å². The van der Waals surface area contributed by atoms with Crippen molar-refractivity contribution in [1.82, 2.24) is 4.90 Å². The highest BCUT2D eigenvalue weighted by atomic mass is 16.5. The minimum absolute atomic E-state index is 0.292. The van der Waals surface area contributed by atoms with E-state index < -0.39 is 0 Å². The summed E-state index contributed by atoms with van der Waals surface area (Å²) in [4.78, 5) is 2.58. The number of hydrogen-bond acceptors (Lipinski definition) is 2. The Balaban J connectivity index is 1.97. The second kappa shape index (κ2) is 7.77. The van der Waals surface area contributed by atoms with Crippen LogP contribution in [0.15, 0.2) is 30.3 Å². The van der Waals surface area contributed by atoms with Crippen LogP contribution >= 0.6 is 0 Å². The molecule has 0 spiro atoms. The summed E-state index contributed by atoms with van der Waals surface area (Å²) in [5.41, 5.74) is 1.32. The van der Waals surface area contributed by atoms with Gasteiger partial charge in [0.05, 0.1) is 6.61 Å². The van der Waals surface area contributed by atoms with Crippen LogP contribution in [0, 0.1) is 5.92 Å². The van der Waals surface area contributed by atoms with Gasteiger partial charge in [0, 0.05) is 19.7 Å². The molecule has 112 valence electrons. The Morgan fingerprint density at radius 3 is 2.75 bits per heavy atom. The van der Waals surface area contributed by atoms with Crippen molar-refractivity contribution in [3.05, 3.63) is 41.2 Å². The summed E-state index contributed by atoms with van der Waals surface area (Å²) in [5.74, 6) is 0.528. The lowest BCUT2D eigenvalue weighted by molar-refractivity contribution is 0.105. The molecule has 0 unspecified atom stereocenters. The number of likely N-dealkylation sites (tertiary alicyclic amines) is 1. The molecule has 1 fully saturated rings. The van der Waals surface area contributed by atoms with E-state index in [-0.39, 0.29) is 0 Å². The first-order valence-corrected chi connectivity index (χ1v) is 7.63. The molecule has 0 saturated carbocycles. The predicted molar refractivity (Wildman–Crippen MR) is 84.1 cm³/mol. The summed E-state index contributed by atoms with van der Waals surface area (Å²) in [7, 11) is 3.73. The second-order valence-corrected chi connectivity index (χ2v) is 5.84. The van der Waals surface area contributed by atoms with Crippen LogP contribution in [0.4, 0.5) is 0 Å². The molecular formula is C17H27N2O-.